The standard InChI is InChI=1S/C17H27N7/c1-14(11-24-7-4-6-20-24)9-19-17(18-2)23-8-5-15(13-23)16-10-21-22(3)12-16/h4,6-7,10,12,14-15H,5,8-9,11,13H2,1-3H3,(H,18,19). The number of aryl methyl sites for hydroxylation is 1. The Labute approximate surface area is 143 Å². The fourth-order valence-electron chi connectivity index (χ4n) is 3.27. The number of aliphatic imine (C=N–C) groups is 1. The van der Waals surface area contributed by atoms with Gasteiger partial charge in [-0.2, -0.15) is 10.2 Å². The number of guanidine groups is 1. The molecule has 0 bridgehead atoms. The van der Waals surface area contributed by atoms with E-state index < -0.39 is 0 Å². The first-order chi connectivity index (χ1) is 11.7. The lowest BCUT2D eigenvalue weighted by Gasteiger charge is -2.23. The summed E-state index contributed by atoms with van der Waals surface area (Å²) >= 11 is 0. The van der Waals surface area contributed by atoms with Crippen LogP contribution in [0.1, 0.15) is 24.8 Å². The molecule has 0 saturated carbocycles. The highest BCUT2D eigenvalue weighted by atomic mass is 15.3. The Balaban J connectivity index is 1.49. The third-order valence-corrected chi connectivity index (χ3v) is 4.56. The second kappa shape index (κ2) is 7.51. The Bertz CT molecular complexity index is 658. The minimum Gasteiger partial charge on any atom is -0.356 e. The second-order valence-corrected chi connectivity index (χ2v) is 6.64. The lowest BCUT2D eigenvalue weighted by Crippen LogP contribution is -2.42. The van der Waals surface area contributed by atoms with Gasteiger partial charge in [0.2, 0.25) is 0 Å². The van der Waals surface area contributed by atoms with Crippen LogP contribution >= 0.6 is 0 Å². The van der Waals surface area contributed by atoms with E-state index in [1.54, 1.807) is 0 Å². The van der Waals surface area contributed by atoms with Crippen molar-refractivity contribution in [2.24, 2.45) is 18.0 Å². The second-order valence-electron chi connectivity index (χ2n) is 6.64. The molecule has 0 radical (unpaired) electrons. The first-order valence-corrected chi connectivity index (χ1v) is 8.57. The van der Waals surface area contributed by atoms with Crippen LogP contribution in [-0.4, -0.2) is 57.1 Å². The summed E-state index contributed by atoms with van der Waals surface area (Å²) in [6.07, 6.45) is 9.08. The van der Waals surface area contributed by atoms with Gasteiger partial charge in [-0.15, -0.1) is 0 Å². The number of hydrogen-bond donors (Lipinski definition) is 1. The van der Waals surface area contributed by atoms with Crippen LogP contribution < -0.4 is 5.32 Å². The molecule has 2 unspecified atom stereocenters. The summed E-state index contributed by atoms with van der Waals surface area (Å²) in [5.41, 5.74) is 1.32. The van der Waals surface area contributed by atoms with Crippen molar-refractivity contribution in [2.45, 2.75) is 25.8 Å². The highest BCUT2D eigenvalue weighted by Gasteiger charge is 2.26. The van der Waals surface area contributed by atoms with Crippen molar-refractivity contribution in [3.05, 3.63) is 36.4 Å². The van der Waals surface area contributed by atoms with Gasteiger partial charge in [0.25, 0.3) is 0 Å². The highest BCUT2D eigenvalue weighted by Crippen LogP contribution is 2.26. The molecular weight excluding hydrogens is 302 g/mol. The summed E-state index contributed by atoms with van der Waals surface area (Å²) < 4.78 is 3.85. The summed E-state index contributed by atoms with van der Waals surface area (Å²) in [6.45, 7) is 6.06. The van der Waals surface area contributed by atoms with Crippen LogP contribution in [-0.2, 0) is 13.6 Å². The molecule has 7 nitrogen and oxygen atoms in total. The van der Waals surface area contributed by atoms with Gasteiger partial charge in [0, 0.05) is 64.8 Å². The monoisotopic (exact) mass is 329 g/mol. The van der Waals surface area contributed by atoms with Crippen molar-refractivity contribution in [1.29, 1.82) is 0 Å². The van der Waals surface area contributed by atoms with E-state index in [0.29, 0.717) is 11.8 Å². The summed E-state index contributed by atoms with van der Waals surface area (Å²) in [6, 6.07) is 1.96. The van der Waals surface area contributed by atoms with E-state index >= 15 is 0 Å². The third-order valence-electron chi connectivity index (χ3n) is 4.56. The molecule has 3 heterocycles. The lowest BCUT2D eigenvalue weighted by atomic mass is 10.0. The number of rotatable bonds is 5. The van der Waals surface area contributed by atoms with E-state index in [-0.39, 0.29) is 0 Å². The van der Waals surface area contributed by atoms with Crippen LogP contribution in [0, 0.1) is 5.92 Å². The molecule has 1 saturated heterocycles. The van der Waals surface area contributed by atoms with Gasteiger partial charge in [-0.3, -0.25) is 14.4 Å². The molecular formula is C17H27N7. The Morgan fingerprint density at radius 1 is 1.46 bits per heavy atom. The average Bonchev–Trinajstić information content (AvgIpc) is 3.29. The minimum atomic E-state index is 0.485. The largest absolute Gasteiger partial charge is 0.356 e. The van der Waals surface area contributed by atoms with Crippen molar-refractivity contribution in [3.8, 4) is 0 Å². The Hall–Kier alpha value is -2.31. The molecule has 24 heavy (non-hydrogen) atoms. The third kappa shape index (κ3) is 3.96. The predicted octanol–water partition coefficient (Wildman–Crippen LogP) is 1.32. The van der Waals surface area contributed by atoms with Gasteiger partial charge in [0.15, 0.2) is 5.96 Å². The summed E-state index contributed by atoms with van der Waals surface area (Å²) in [4.78, 5) is 6.81. The normalized spacial score (nSPS) is 19.7. The number of hydrogen-bond acceptors (Lipinski definition) is 3. The van der Waals surface area contributed by atoms with E-state index in [9.17, 15) is 0 Å². The van der Waals surface area contributed by atoms with Crippen LogP contribution in [0.4, 0.5) is 0 Å². The van der Waals surface area contributed by atoms with Gasteiger partial charge in [-0.05, 0) is 24.0 Å². The van der Waals surface area contributed by atoms with Crippen molar-refractivity contribution < 1.29 is 0 Å². The van der Waals surface area contributed by atoms with Crippen molar-refractivity contribution in [3.63, 3.8) is 0 Å². The molecule has 0 aliphatic carbocycles. The zero-order chi connectivity index (χ0) is 16.9. The maximum atomic E-state index is 4.46. The van der Waals surface area contributed by atoms with Gasteiger partial charge in [0.1, 0.15) is 0 Å². The maximum Gasteiger partial charge on any atom is 0.193 e. The van der Waals surface area contributed by atoms with Crippen LogP contribution in [0.5, 0.6) is 0 Å². The van der Waals surface area contributed by atoms with Crippen molar-refractivity contribution in [1.82, 2.24) is 29.8 Å². The zero-order valence-corrected chi connectivity index (χ0v) is 14.8. The summed E-state index contributed by atoms with van der Waals surface area (Å²) in [5.74, 6) is 2.02. The molecule has 1 aliphatic heterocycles. The van der Waals surface area contributed by atoms with Gasteiger partial charge in [0.05, 0.1) is 6.20 Å². The van der Waals surface area contributed by atoms with E-state index in [2.05, 4.69) is 38.5 Å². The number of aromatic nitrogens is 4. The maximum absolute atomic E-state index is 4.46. The minimum absolute atomic E-state index is 0.485. The number of nitrogens with one attached hydrogen (secondary N) is 1. The number of nitrogens with zero attached hydrogens (tertiary/aromatic N) is 6. The Morgan fingerprint density at radius 2 is 2.33 bits per heavy atom. The van der Waals surface area contributed by atoms with Crippen molar-refractivity contribution in [2.75, 3.05) is 26.7 Å². The fourth-order valence-corrected chi connectivity index (χ4v) is 3.27. The molecule has 0 aromatic carbocycles. The van der Waals surface area contributed by atoms with Gasteiger partial charge in [-0.1, -0.05) is 6.92 Å². The van der Waals surface area contributed by atoms with Gasteiger partial charge >= 0.3 is 0 Å². The van der Waals surface area contributed by atoms with E-state index in [4.69, 9.17) is 0 Å². The fraction of sp³-hybridized carbons (Fsp3) is 0.588. The van der Waals surface area contributed by atoms with Crippen molar-refractivity contribution >= 4 is 5.96 Å². The quantitative estimate of drug-likeness (QED) is 0.664. The summed E-state index contributed by atoms with van der Waals surface area (Å²) in [5, 5.41) is 12.1. The zero-order valence-electron chi connectivity index (χ0n) is 14.8. The Morgan fingerprint density at radius 3 is 3.00 bits per heavy atom. The average molecular weight is 329 g/mol. The lowest BCUT2D eigenvalue weighted by molar-refractivity contribution is 0.425. The highest BCUT2D eigenvalue weighted by molar-refractivity contribution is 5.80. The number of likely N-dealkylation sites (tertiary alicyclic amines) is 1. The van der Waals surface area contributed by atoms with Crippen LogP contribution in [0.2, 0.25) is 0 Å². The van der Waals surface area contributed by atoms with Crippen LogP contribution in [0.3, 0.4) is 0 Å². The molecule has 1 N–H and O–H groups in total. The molecule has 2 atom stereocenters. The first kappa shape index (κ1) is 16.5. The van der Waals surface area contributed by atoms with Crippen LogP contribution in [0.25, 0.3) is 0 Å². The van der Waals surface area contributed by atoms with E-state index in [1.807, 2.05) is 48.1 Å². The Kier molecular flexibility index (Phi) is 5.17. The first-order valence-electron chi connectivity index (χ1n) is 8.57. The van der Waals surface area contributed by atoms with E-state index in [1.165, 1.54) is 5.56 Å². The van der Waals surface area contributed by atoms with Crippen LogP contribution in [0.15, 0.2) is 35.8 Å². The summed E-state index contributed by atoms with van der Waals surface area (Å²) in [7, 11) is 3.83. The predicted molar refractivity (Wildman–Crippen MR) is 94.9 cm³/mol. The van der Waals surface area contributed by atoms with Gasteiger partial charge < -0.3 is 10.2 Å². The molecule has 0 spiro atoms. The van der Waals surface area contributed by atoms with E-state index in [0.717, 1.165) is 38.6 Å². The molecule has 1 aliphatic rings. The molecule has 0 amide bonds. The molecule has 130 valence electrons. The smallest absolute Gasteiger partial charge is 0.193 e. The van der Waals surface area contributed by atoms with Gasteiger partial charge in [-0.25, -0.2) is 0 Å². The molecule has 2 aromatic heterocycles. The SMILES string of the molecule is CN=C(NCC(C)Cn1cccn1)N1CCC(c2cnn(C)c2)C1. The molecule has 2 aromatic rings. The molecule has 7 heteroatoms. The molecule has 1 fully saturated rings. The topological polar surface area (TPSA) is 63.3 Å². The molecule has 3 rings (SSSR count).